The zero-order valence-electron chi connectivity index (χ0n) is 12.5. The Morgan fingerprint density at radius 1 is 1.20 bits per heavy atom. The molecule has 0 saturated heterocycles. The summed E-state index contributed by atoms with van der Waals surface area (Å²) in [6.07, 6.45) is 6.44. The minimum absolute atomic E-state index is 0.0236. The van der Waals surface area contributed by atoms with Crippen LogP contribution >= 0.6 is 0 Å². The first kappa shape index (κ1) is 15.3. The minimum Gasteiger partial charge on any atom is -0.480 e. The van der Waals surface area contributed by atoms with E-state index in [1.165, 1.54) is 12.8 Å². The smallest absolute Gasteiger partial charge is 0.320 e. The van der Waals surface area contributed by atoms with Gasteiger partial charge in [-0.3, -0.25) is 14.5 Å². The molecule has 0 aromatic heterocycles. The molecule has 2 N–H and O–H groups in total. The Kier molecular flexibility index (Phi) is 5.02. The average molecular weight is 282 g/mol. The van der Waals surface area contributed by atoms with Gasteiger partial charge in [0.1, 0.15) is 6.04 Å². The SMILES string of the molecule is CC1CCC(NC(=O)CN(C2CC2)C(C)C(=O)O)CC1. The Bertz CT molecular complexity index is 360. The summed E-state index contributed by atoms with van der Waals surface area (Å²) in [4.78, 5) is 25.0. The second-order valence-corrected chi connectivity index (χ2v) is 6.44. The predicted molar refractivity (Wildman–Crippen MR) is 76.4 cm³/mol. The van der Waals surface area contributed by atoms with E-state index in [9.17, 15) is 9.59 Å². The van der Waals surface area contributed by atoms with Crippen LogP contribution in [-0.4, -0.2) is 46.6 Å². The summed E-state index contributed by atoms with van der Waals surface area (Å²) in [6, 6.07) is -0.0299. The lowest BCUT2D eigenvalue weighted by molar-refractivity contribution is -0.143. The average Bonchev–Trinajstić information content (AvgIpc) is 3.22. The lowest BCUT2D eigenvalue weighted by Gasteiger charge is -2.29. The second-order valence-electron chi connectivity index (χ2n) is 6.44. The number of nitrogens with one attached hydrogen (secondary N) is 1. The van der Waals surface area contributed by atoms with Gasteiger partial charge < -0.3 is 10.4 Å². The molecule has 1 atom stereocenters. The van der Waals surface area contributed by atoms with Gasteiger partial charge in [-0.2, -0.15) is 0 Å². The molecule has 0 radical (unpaired) electrons. The predicted octanol–water partition coefficient (Wildman–Crippen LogP) is 1.62. The molecular formula is C15H26N2O3. The molecule has 0 aromatic rings. The number of hydrogen-bond acceptors (Lipinski definition) is 3. The van der Waals surface area contributed by atoms with E-state index in [0.717, 1.165) is 31.6 Å². The molecule has 5 heteroatoms. The number of carboxylic acid groups (broad SMARTS) is 1. The van der Waals surface area contributed by atoms with Crippen molar-refractivity contribution in [2.24, 2.45) is 5.92 Å². The van der Waals surface area contributed by atoms with Crippen LogP contribution in [0.25, 0.3) is 0 Å². The molecule has 5 nitrogen and oxygen atoms in total. The van der Waals surface area contributed by atoms with Crippen LogP contribution in [0.4, 0.5) is 0 Å². The van der Waals surface area contributed by atoms with Crippen molar-refractivity contribution in [2.75, 3.05) is 6.54 Å². The molecule has 2 aliphatic carbocycles. The van der Waals surface area contributed by atoms with Gasteiger partial charge in [0.25, 0.3) is 0 Å². The summed E-state index contributed by atoms with van der Waals surface area (Å²) in [7, 11) is 0. The van der Waals surface area contributed by atoms with E-state index >= 15 is 0 Å². The highest BCUT2D eigenvalue weighted by Gasteiger charge is 2.36. The summed E-state index contributed by atoms with van der Waals surface area (Å²) in [5.41, 5.74) is 0. The molecule has 0 aromatic carbocycles. The molecule has 0 aliphatic heterocycles. The fraction of sp³-hybridized carbons (Fsp3) is 0.867. The van der Waals surface area contributed by atoms with Crippen LogP contribution < -0.4 is 5.32 Å². The van der Waals surface area contributed by atoms with Gasteiger partial charge in [-0.05, 0) is 51.4 Å². The summed E-state index contributed by atoms with van der Waals surface area (Å²) >= 11 is 0. The highest BCUT2D eigenvalue weighted by atomic mass is 16.4. The van der Waals surface area contributed by atoms with Gasteiger partial charge in [0.2, 0.25) is 5.91 Å². The number of aliphatic carboxylic acids is 1. The maximum Gasteiger partial charge on any atom is 0.320 e. The van der Waals surface area contributed by atoms with Crippen molar-refractivity contribution < 1.29 is 14.7 Å². The fourth-order valence-corrected chi connectivity index (χ4v) is 2.97. The van der Waals surface area contributed by atoms with Crippen molar-refractivity contribution in [1.29, 1.82) is 0 Å². The van der Waals surface area contributed by atoms with Crippen LogP contribution in [0.2, 0.25) is 0 Å². The molecule has 0 spiro atoms. The van der Waals surface area contributed by atoms with Crippen molar-refractivity contribution >= 4 is 11.9 Å². The Balaban J connectivity index is 1.81. The van der Waals surface area contributed by atoms with E-state index in [-0.39, 0.29) is 24.5 Å². The van der Waals surface area contributed by atoms with Gasteiger partial charge in [0.05, 0.1) is 6.54 Å². The van der Waals surface area contributed by atoms with E-state index < -0.39 is 12.0 Å². The lowest BCUT2D eigenvalue weighted by atomic mass is 9.87. The van der Waals surface area contributed by atoms with Gasteiger partial charge in [0.15, 0.2) is 0 Å². The van der Waals surface area contributed by atoms with E-state index in [1.54, 1.807) is 6.92 Å². The molecule has 1 amide bonds. The number of carboxylic acids is 1. The largest absolute Gasteiger partial charge is 0.480 e. The summed E-state index contributed by atoms with van der Waals surface area (Å²) in [5.74, 6) is -0.112. The lowest BCUT2D eigenvalue weighted by Crippen LogP contribution is -2.48. The number of amides is 1. The van der Waals surface area contributed by atoms with Gasteiger partial charge in [0, 0.05) is 12.1 Å². The number of hydrogen-bond donors (Lipinski definition) is 2. The van der Waals surface area contributed by atoms with E-state index in [4.69, 9.17) is 5.11 Å². The molecule has 114 valence electrons. The topological polar surface area (TPSA) is 69.6 Å². The van der Waals surface area contributed by atoms with Gasteiger partial charge in [-0.15, -0.1) is 0 Å². The number of nitrogens with zero attached hydrogens (tertiary/aromatic N) is 1. The Morgan fingerprint density at radius 2 is 1.80 bits per heavy atom. The molecule has 2 aliphatic rings. The van der Waals surface area contributed by atoms with Crippen LogP contribution in [0.3, 0.4) is 0 Å². The van der Waals surface area contributed by atoms with Crippen molar-refractivity contribution in [1.82, 2.24) is 10.2 Å². The zero-order chi connectivity index (χ0) is 14.7. The molecule has 0 heterocycles. The summed E-state index contributed by atoms with van der Waals surface area (Å²) in [5, 5.41) is 12.2. The molecule has 2 saturated carbocycles. The normalized spacial score (nSPS) is 28.1. The monoisotopic (exact) mass is 282 g/mol. The molecule has 0 bridgehead atoms. The van der Waals surface area contributed by atoms with E-state index in [1.807, 2.05) is 4.90 Å². The number of carbonyl (C=O) groups excluding carboxylic acids is 1. The Morgan fingerprint density at radius 3 is 2.30 bits per heavy atom. The van der Waals surface area contributed by atoms with Crippen molar-refractivity contribution in [3.8, 4) is 0 Å². The van der Waals surface area contributed by atoms with Crippen molar-refractivity contribution in [2.45, 2.75) is 70.5 Å². The third kappa shape index (κ3) is 4.20. The van der Waals surface area contributed by atoms with E-state index in [2.05, 4.69) is 12.2 Å². The molecular weight excluding hydrogens is 256 g/mol. The van der Waals surface area contributed by atoms with Crippen LogP contribution in [0, 0.1) is 5.92 Å². The number of rotatable bonds is 6. The quantitative estimate of drug-likeness (QED) is 0.776. The van der Waals surface area contributed by atoms with Crippen LogP contribution in [-0.2, 0) is 9.59 Å². The minimum atomic E-state index is -0.851. The first-order valence-corrected chi connectivity index (χ1v) is 7.75. The second kappa shape index (κ2) is 6.57. The highest BCUT2D eigenvalue weighted by molar-refractivity contribution is 5.80. The van der Waals surface area contributed by atoms with E-state index in [0.29, 0.717) is 0 Å². The van der Waals surface area contributed by atoms with Crippen molar-refractivity contribution in [3.63, 3.8) is 0 Å². The summed E-state index contributed by atoms with van der Waals surface area (Å²) < 4.78 is 0. The maximum absolute atomic E-state index is 12.1. The molecule has 1 unspecified atom stereocenters. The Hall–Kier alpha value is -1.10. The maximum atomic E-state index is 12.1. The standard InChI is InChI=1S/C15H26N2O3/c1-10-3-5-12(6-4-10)16-14(18)9-17(13-7-8-13)11(2)15(19)20/h10-13H,3-9H2,1-2H3,(H,16,18)(H,19,20). The molecule has 2 fully saturated rings. The third-order valence-corrected chi connectivity index (χ3v) is 4.58. The molecule has 2 rings (SSSR count). The Labute approximate surface area is 120 Å². The van der Waals surface area contributed by atoms with Crippen LogP contribution in [0.5, 0.6) is 0 Å². The molecule has 20 heavy (non-hydrogen) atoms. The van der Waals surface area contributed by atoms with Gasteiger partial charge in [-0.1, -0.05) is 6.92 Å². The highest BCUT2D eigenvalue weighted by Crippen LogP contribution is 2.28. The number of carbonyl (C=O) groups is 2. The van der Waals surface area contributed by atoms with Crippen LogP contribution in [0.1, 0.15) is 52.4 Å². The van der Waals surface area contributed by atoms with Gasteiger partial charge in [-0.25, -0.2) is 0 Å². The van der Waals surface area contributed by atoms with Crippen LogP contribution in [0.15, 0.2) is 0 Å². The third-order valence-electron chi connectivity index (χ3n) is 4.58. The van der Waals surface area contributed by atoms with Crippen molar-refractivity contribution in [3.05, 3.63) is 0 Å². The first-order chi connectivity index (χ1) is 9.47. The van der Waals surface area contributed by atoms with Gasteiger partial charge >= 0.3 is 5.97 Å². The first-order valence-electron chi connectivity index (χ1n) is 7.75. The zero-order valence-corrected chi connectivity index (χ0v) is 12.5. The summed E-state index contributed by atoms with van der Waals surface area (Å²) in [6.45, 7) is 4.13. The fourth-order valence-electron chi connectivity index (χ4n) is 2.97.